The molecule has 1 atom stereocenters. The van der Waals surface area contributed by atoms with Gasteiger partial charge in [-0.2, -0.15) is 0 Å². The van der Waals surface area contributed by atoms with E-state index >= 15 is 0 Å². The van der Waals surface area contributed by atoms with Gasteiger partial charge < -0.3 is 10.4 Å². The average Bonchev–Trinajstić information content (AvgIpc) is 2.71. The van der Waals surface area contributed by atoms with E-state index in [1.54, 1.807) is 24.3 Å². The Bertz CT molecular complexity index is 770. The minimum absolute atomic E-state index is 0.261. The van der Waals surface area contributed by atoms with Crippen LogP contribution in [-0.2, 0) is 10.4 Å². The highest BCUT2D eigenvalue weighted by Gasteiger charge is 2.46. The number of fused-ring (bicyclic) bond motifs is 1. The molecule has 0 bridgehead atoms. The van der Waals surface area contributed by atoms with E-state index in [2.05, 4.69) is 27.9 Å². The molecule has 1 amide bonds. The Morgan fingerprint density at radius 3 is 2.59 bits per heavy atom. The molecule has 0 aliphatic carbocycles. The number of aliphatic hydroxyl groups is 1. The third-order valence-electron chi connectivity index (χ3n) is 3.83. The monoisotopic (exact) mass is 407 g/mol. The molecule has 22 heavy (non-hydrogen) atoms. The van der Waals surface area contributed by atoms with Gasteiger partial charge in [-0.3, -0.25) is 9.59 Å². The van der Waals surface area contributed by atoms with Crippen LogP contribution >= 0.6 is 22.6 Å². The number of rotatable bonds is 3. The number of carbonyl (C=O) groups excluding carboxylic acids is 2. The van der Waals surface area contributed by atoms with Crippen LogP contribution in [0, 0.1) is 10.5 Å². The zero-order valence-electron chi connectivity index (χ0n) is 11.9. The quantitative estimate of drug-likeness (QED) is 0.608. The molecule has 0 saturated carbocycles. The van der Waals surface area contributed by atoms with Gasteiger partial charge in [-0.25, -0.2) is 0 Å². The van der Waals surface area contributed by atoms with E-state index in [0.717, 1.165) is 9.13 Å². The number of halogens is 1. The van der Waals surface area contributed by atoms with Crippen molar-refractivity contribution >= 4 is 40.0 Å². The molecule has 0 radical (unpaired) electrons. The van der Waals surface area contributed by atoms with Crippen LogP contribution in [0.15, 0.2) is 42.5 Å². The number of hydrogen-bond donors (Lipinski definition) is 2. The van der Waals surface area contributed by atoms with E-state index in [1.165, 1.54) is 0 Å². The minimum Gasteiger partial charge on any atom is -0.375 e. The van der Waals surface area contributed by atoms with Crippen LogP contribution < -0.4 is 5.32 Å². The Morgan fingerprint density at radius 2 is 1.91 bits per heavy atom. The zero-order chi connectivity index (χ0) is 15.9. The summed E-state index contributed by atoms with van der Waals surface area (Å²) in [4.78, 5) is 24.6. The maximum atomic E-state index is 12.4. The molecular weight excluding hydrogens is 393 g/mol. The number of benzene rings is 2. The third kappa shape index (κ3) is 2.55. The van der Waals surface area contributed by atoms with Crippen molar-refractivity contribution in [3.63, 3.8) is 0 Å². The minimum atomic E-state index is -1.80. The van der Waals surface area contributed by atoms with Gasteiger partial charge in [-0.1, -0.05) is 29.8 Å². The summed E-state index contributed by atoms with van der Waals surface area (Å²) in [6, 6.07) is 12.4. The fraction of sp³-hybridized carbons (Fsp3) is 0.176. The molecule has 2 aromatic carbocycles. The number of hydrogen-bond acceptors (Lipinski definition) is 3. The van der Waals surface area contributed by atoms with Gasteiger partial charge in [0.25, 0.3) is 5.91 Å². The van der Waals surface area contributed by atoms with E-state index in [1.807, 2.05) is 25.1 Å². The van der Waals surface area contributed by atoms with Crippen LogP contribution in [0.2, 0.25) is 0 Å². The Labute approximate surface area is 141 Å². The molecule has 1 heterocycles. The Balaban J connectivity index is 1.94. The van der Waals surface area contributed by atoms with Gasteiger partial charge in [0.1, 0.15) is 0 Å². The lowest BCUT2D eigenvalue weighted by Gasteiger charge is -2.20. The first-order chi connectivity index (χ1) is 10.4. The van der Waals surface area contributed by atoms with Gasteiger partial charge in [0, 0.05) is 20.4 Å². The van der Waals surface area contributed by atoms with Crippen LogP contribution in [0.5, 0.6) is 0 Å². The fourth-order valence-electron chi connectivity index (χ4n) is 2.60. The number of carbonyl (C=O) groups is 2. The van der Waals surface area contributed by atoms with Crippen molar-refractivity contribution in [3.05, 3.63) is 62.7 Å². The SMILES string of the molecule is Cc1ccc2c(c1)C(O)(CC(=O)c1ccc(I)cc1)C(=O)N2. The van der Waals surface area contributed by atoms with Crippen molar-refractivity contribution in [2.75, 3.05) is 5.32 Å². The molecule has 0 saturated heterocycles. The largest absolute Gasteiger partial charge is 0.375 e. The molecule has 4 nitrogen and oxygen atoms in total. The van der Waals surface area contributed by atoms with Crippen LogP contribution in [0.25, 0.3) is 0 Å². The molecule has 112 valence electrons. The summed E-state index contributed by atoms with van der Waals surface area (Å²) in [5.41, 5.74) is 0.643. The summed E-state index contributed by atoms with van der Waals surface area (Å²) < 4.78 is 1.02. The Morgan fingerprint density at radius 1 is 1.23 bits per heavy atom. The predicted molar refractivity (Wildman–Crippen MR) is 91.8 cm³/mol. The first-order valence-corrected chi connectivity index (χ1v) is 7.92. The molecule has 3 rings (SSSR count). The van der Waals surface area contributed by atoms with Crippen molar-refractivity contribution in [1.82, 2.24) is 0 Å². The standard InChI is InChI=1S/C17H14INO3/c1-10-2-7-14-13(8-10)17(22,16(21)19-14)9-15(20)11-3-5-12(18)6-4-11/h2-8,22H,9H2,1H3,(H,19,21). The third-order valence-corrected chi connectivity index (χ3v) is 4.55. The summed E-state index contributed by atoms with van der Waals surface area (Å²) in [7, 11) is 0. The van der Waals surface area contributed by atoms with Gasteiger partial charge in [-0.05, 0) is 47.7 Å². The smallest absolute Gasteiger partial charge is 0.261 e. The Kier molecular flexibility index (Phi) is 3.78. The molecule has 0 fully saturated rings. The Hall–Kier alpha value is -1.73. The van der Waals surface area contributed by atoms with Gasteiger partial charge in [0.15, 0.2) is 11.4 Å². The van der Waals surface area contributed by atoms with Crippen LogP contribution in [0.4, 0.5) is 5.69 Å². The number of nitrogens with one attached hydrogen (secondary N) is 1. The molecule has 5 heteroatoms. The second kappa shape index (κ2) is 5.48. The number of amides is 1. The highest BCUT2D eigenvalue weighted by atomic mass is 127. The van der Waals surface area contributed by atoms with Crippen molar-refractivity contribution in [3.8, 4) is 0 Å². The van der Waals surface area contributed by atoms with Crippen molar-refractivity contribution in [1.29, 1.82) is 0 Å². The van der Waals surface area contributed by atoms with E-state index in [0.29, 0.717) is 16.8 Å². The number of aryl methyl sites for hydroxylation is 1. The molecule has 0 spiro atoms. The van der Waals surface area contributed by atoms with E-state index < -0.39 is 11.5 Å². The van der Waals surface area contributed by atoms with Crippen molar-refractivity contribution < 1.29 is 14.7 Å². The second-order valence-corrected chi connectivity index (χ2v) is 6.72. The van der Waals surface area contributed by atoms with E-state index in [9.17, 15) is 14.7 Å². The molecule has 2 aromatic rings. The summed E-state index contributed by atoms with van der Waals surface area (Å²) in [6.07, 6.45) is -0.268. The summed E-state index contributed by atoms with van der Waals surface area (Å²) in [6.45, 7) is 1.88. The summed E-state index contributed by atoms with van der Waals surface area (Å²) >= 11 is 2.16. The van der Waals surface area contributed by atoms with Gasteiger partial charge >= 0.3 is 0 Å². The number of anilines is 1. The molecule has 2 N–H and O–H groups in total. The number of ketones is 1. The average molecular weight is 407 g/mol. The maximum Gasteiger partial charge on any atom is 0.261 e. The highest BCUT2D eigenvalue weighted by molar-refractivity contribution is 14.1. The molecule has 1 aliphatic rings. The van der Waals surface area contributed by atoms with Crippen LogP contribution in [0.3, 0.4) is 0 Å². The van der Waals surface area contributed by atoms with Gasteiger partial charge in [0.2, 0.25) is 0 Å². The van der Waals surface area contributed by atoms with Crippen LogP contribution in [-0.4, -0.2) is 16.8 Å². The normalized spacial score (nSPS) is 19.7. The zero-order valence-corrected chi connectivity index (χ0v) is 14.0. The van der Waals surface area contributed by atoms with E-state index in [-0.39, 0.29) is 12.2 Å². The second-order valence-electron chi connectivity index (χ2n) is 5.47. The summed E-state index contributed by atoms with van der Waals surface area (Å²) in [5.74, 6) is -0.810. The molecular formula is C17H14INO3. The predicted octanol–water partition coefficient (Wildman–Crippen LogP) is 3.01. The first-order valence-electron chi connectivity index (χ1n) is 6.84. The van der Waals surface area contributed by atoms with Gasteiger partial charge in [-0.15, -0.1) is 0 Å². The topological polar surface area (TPSA) is 66.4 Å². The maximum absolute atomic E-state index is 12.4. The summed E-state index contributed by atoms with van der Waals surface area (Å²) in [5, 5.41) is 13.4. The van der Waals surface area contributed by atoms with Crippen molar-refractivity contribution in [2.45, 2.75) is 18.9 Å². The lowest BCUT2D eigenvalue weighted by Crippen LogP contribution is -2.36. The lowest BCUT2D eigenvalue weighted by molar-refractivity contribution is -0.133. The highest BCUT2D eigenvalue weighted by Crippen LogP contribution is 2.39. The molecule has 0 aromatic heterocycles. The molecule has 1 aliphatic heterocycles. The first kappa shape index (κ1) is 15.2. The van der Waals surface area contributed by atoms with E-state index in [4.69, 9.17) is 0 Å². The lowest BCUT2D eigenvalue weighted by atomic mass is 9.87. The van der Waals surface area contributed by atoms with Gasteiger partial charge in [0.05, 0.1) is 6.42 Å². The van der Waals surface area contributed by atoms with Crippen LogP contribution in [0.1, 0.15) is 27.9 Å². The molecule has 1 unspecified atom stereocenters. The number of Topliss-reactive ketones (excluding diaryl/α,β-unsaturated/α-hetero) is 1. The fourth-order valence-corrected chi connectivity index (χ4v) is 2.96. The van der Waals surface area contributed by atoms with Crippen molar-refractivity contribution in [2.24, 2.45) is 0 Å².